The molecule has 1 aromatic heterocycles. The maximum atomic E-state index is 6.01. The van der Waals surface area contributed by atoms with Gasteiger partial charge in [0, 0.05) is 16.3 Å². The van der Waals surface area contributed by atoms with Crippen molar-refractivity contribution in [3.8, 4) is 11.5 Å². The second-order valence-electron chi connectivity index (χ2n) is 5.13. The summed E-state index contributed by atoms with van der Waals surface area (Å²) in [7, 11) is 0. The van der Waals surface area contributed by atoms with Crippen molar-refractivity contribution in [3.63, 3.8) is 0 Å². The molecular formula is C17H16ClN3O. The van der Waals surface area contributed by atoms with Crippen molar-refractivity contribution < 1.29 is 4.42 Å². The van der Waals surface area contributed by atoms with E-state index in [-0.39, 0.29) is 0 Å². The predicted molar refractivity (Wildman–Crippen MR) is 88.0 cm³/mol. The number of benzene rings is 2. The lowest BCUT2D eigenvalue weighted by atomic mass is 10.1. The monoisotopic (exact) mass is 313 g/mol. The van der Waals surface area contributed by atoms with Crippen LogP contribution in [0.3, 0.4) is 0 Å². The average Bonchev–Trinajstić information content (AvgIpc) is 2.97. The summed E-state index contributed by atoms with van der Waals surface area (Å²) in [5.41, 5.74) is 4.14. The molecule has 0 bridgehead atoms. The fourth-order valence-corrected chi connectivity index (χ4v) is 2.37. The zero-order chi connectivity index (χ0) is 15.5. The van der Waals surface area contributed by atoms with Crippen LogP contribution in [-0.2, 0) is 6.54 Å². The Morgan fingerprint density at radius 1 is 1.05 bits per heavy atom. The first-order valence-corrected chi connectivity index (χ1v) is 7.39. The van der Waals surface area contributed by atoms with Gasteiger partial charge in [0.05, 0.1) is 6.54 Å². The number of halogens is 1. The zero-order valence-electron chi connectivity index (χ0n) is 12.4. The van der Waals surface area contributed by atoms with E-state index in [9.17, 15) is 0 Å². The summed E-state index contributed by atoms with van der Waals surface area (Å²) in [5.74, 6) is 1.08. The van der Waals surface area contributed by atoms with Crippen LogP contribution in [0.2, 0.25) is 5.02 Å². The maximum absolute atomic E-state index is 6.01. The number of aromatic nitrogens is 2. The van der Waals surface area contributed by atoms with Gasteiger partial charge in [-0.25, -0.2) is 0 Å². The number of hydrogen-bond donors (Lipinski definition) is 1. The van der Waals surface area contributed by atoms with Crippen molar-refractivity contribution in [2.45, 2.75) is 20.4 Å². The Bertz CT molecular complexity index is 798. The number of hydrogen-bond acceptors (Lipinski definition) is 4. The van der Waals surface area contributed by atoms with Gasteiger partial charge in [0.15, 0.2) is 0 Å². The molecule has 0 aliphatic carbocycles. The van der Waals surface area contributed by atoms with Crippen LogP contribution in [0.15, 0.2) is 46.9 Å². The standard InChI is InChI=1S/C17H16ClN3O/c1-11-5-3-4-6-14(11)17-21-20-16(22-17)10-19-15-9-13(18)8-7-12(15)2/h3-9,19H,10H2,1-2H3. The average molecular weight is 314 g/mol. The highest BCUT2D eigenvalue weighted by Gasteiger charge is 2.10. The Labute approximate surface area is 134 Å². The lowest BCUT2D eigenvalue weighted by Gasteiger charge is -2.07. The van der Waals surface area contributed by atoms with Crippen molar-refractivity contribution >= 4 is 17.3 Å². The summed E-state index contributed by atoms with van der Waals surface area (Å²) >= 11 is 6.01. The number of anilines is 1. The van der Waals surface area contributed by atoms with Gasteiger partial charge in [-0.05, 0) is 43.2 Å². The summed E-state index contributed by atoms with van der Waals surface area (Å²) in [6, 6.07) is 13.7. The molecule has 112 valence electrons. The predicted octanol–water partition coefficient (Wildman–Crippen LogP) is 4.62. The molecule has 0 aliphatic heterocycles. The third kappa shape index (κ3) is 3.12. The van der Waals surface area contributed by atoms with Gasteiger partial charge in [0.2, 0.25) is 11.8 Å². The first-order valence-electron chi connectivity index (χ1n) is 7.02. The van der Waals surface area contributed by atoms with Crippen LogP contribution in [0.1, 0.15) is 17.0 Å². The summed E-state index contributed by atoms with van der Waals surface area (Å²) in [4.78, 5) is 0. The number of nitrogens with one attached hydrogen (secondary N) is 1. The zero-order valence-corrected chi connectivity index (χ0v) is 13.2. The van der Waals surface area contributed by atoms with Gasteiger partial charge in [0.1, 0.15) is 0 Å². The second kappa shape index (κ2) is 6.20. The van der Waals surface area contributed by atoms with Crippen LogP contribution in [0.4, 0.5) is 5.69 Å². The van der Waals surface area contributed by atoms with Gasteiger partial charge in [-0.3, -0.25) is 0 Å². The summed E-state index contributed by atoms with van der Waals surface area (Å²) in [6.45, 7) is 4.50. The Morgan fingerprint density at radius 3 is 2.68 bits per heavy atom. The van der Waals surface area contributed by atoms with E-state index >= 15 is 0 Å². The molecule has 0 amide bonds. The van der Waals surface area contributed by atoms with E-state index < -0.39 is 0 Å². The van der Waals surface area contributed by atoms with Crippen molar-refractivity contribution in [3.05, 3.63) is 64.5 Å². The molecule has 0 fully saturated rings. The first-order chi connectivity index (χ1) is 10.6. The highest BCUT2D eigenvalue weighted by Crippen LogP contribution is 2.23. The van der Waals surface area contributed by atoms with E-state index in [0.29, 0.717) is 23.3 Å². The lowest BCUT2D eigenvalue weighted by molar-refractivity contribution is 0.514. The largest absolute Gasteiger partial charge is 0.419 e. The molecule has 3 aromatic rings. The van der Waals surface area contributed by atoms with Gasteiger partial charge in [-0.15, -0.1) is 10.2 Å². The molecular weight excluding hydrogens is 298 g/mol. The third-order valence-corrected chi connectivity index (χ3v) is 3.71. The minimum absolute atomic E-state index is 0.458. The molecule has 1 N–H and O–H groups in total. The van der Waals surface area contributed by atoms with Gasteiger partial charge in [0.25, 0.3) is 0 Å². The Hall–Kier alpha value is -2.33. The fourth-order valence-electron chi connectivity index (χ4n) is 2.20. The molecule has 3 rings (SSSR count). The van der Waals surface area contributed by atoms with Crippen LogP contribution in [-0.4, -0.2) is 10.2 Å². The van der Waals surface area contributed by atoms with Crippen LogP contribution in [0.5, 0.6) is 0 Å². The molecule has 0 radical (unpaired) electrons. The summed E-state index contributed by atoms with van der Waals surface area (Å²) in [6.07, 6.45) is 0. The quantitative estimate of drug-likeness (QED) is 0.763. The van der Waals surface area contributed by atoms with Gasteiger partial charge < -0.3 is 9.73 Å². The summed E-state index contributed by atoms with van der Waals surface area (Å²) in [5, 5.41) is 12.2. The SMILES string of the molecule is Cc1ccc(Cl)cc1NCc1nnc(-c2ccccc2C)o1. The van der Waals surface area contributed by atoms with Crippen molar-refractivity contribution in [1.82, 2.24) is 10.2 Å². The Kier molecular flexibility index (Phi) is 4.11. The normalized spacial score (nSPS) is 10.7. The smallest absolute Gasteiger partial charge is 0.248 e. The molecule has 0 aliphatic rings. The number of rotatable bonds is 4. The molecule has 1 heterocycles. The molecule has 0 saturated carbocycles. The summed E-state index contributed by atoms with van der Waals surface area (Å²) < 4.78 is 5.72. The molecule has 0 saturated heterocycles. The van der Waals surface area contributed by atoms with Crippen LogP contribution in [0.25, 0.3) is 11.5 Å². The van der Waals surface area contributed by atoms with Crippen LogP contribution < -0.4 is 5.32 Å². The lowest BCUT2D eigenvalue weighted by Crippen LogP contribution is -2.01. The topological polar surface area (TPSA) is 51.0 Å². The van der Waals surface area contributed by atoms with E-state index in [1.54, 1.807) is 0 Å². The minimum Gasteiger partial charge on any atom is -0.419 e. The molecule has 0 atom stereocenters. The Balaban J connectivity index is 1.75. The van der Waals surface area contributed by atoms with Crippen LogP contribution in [0, 0.1) is 13.8 Å². The fraction of sp³-hybridized carbons (Fsp3) is 0.176. The number of nitrogens with zero attached hydrogens (tertiary/aromatic N) is 2. The van der Waals surface area contributed by atoms with E-state index in [4.69, 9.17) is 16.0 Å². The molecule has 22 heavy (non-hydrogen) atoms. The van der Waals surface area contributed by atoms with E-state index in [1.165, 1.54) is 0 Å². The van der Waals surface area contributed by atoms with Crippen molar-refractivity contribution in [2.75, 3.05) is 5.32 Å². The number of aryl methyl sites for hydroxylation is 2. The molecule has 0 unspecified atom stereocenters. The second-order valence-corrected chi connectivity index (χ2v) is 5.57. The van der Waals surface area contributed by atoms with E-state index in [1.807, 2.05) is 56.3 Å². The van der Waals surface area contributed by atoms with E-state index in [0.717, 1.165) is 22.4 Å². The molecule has 2 aromatic carbocycles. The highest BCUT2D eigenvalue weighted by molar-refractivity contribution is 6.30. The molecule has 4 nitrogen and oxygen atoms in total. The highest BCUT2D eigenvalue weighted by atomic mass is 35.5. The molecule has 0 spiro atoms. The molecule has 5 heteroatoms. The Morgan fingerprint density at radius 2 is 1.86 bits per heavy atom. The van der Waals surface area contributed by atoms with Gasteiger partial charge >= 0.3 is 0 Å². The van der Waals surface area contributed by atoms with E-state index in [2.05, 4.69) is 15.5 Å². The maximum Gasteiger partial charge on any atom is 0.248 e. The van der Waals surface area contributed by atoms with Crippen LogP contribution >= 0.6 is 11.6 Å². The first kappa shape index (κ1) is 14.6. The minimum atomic E-state index is 0.458. The van der Waals surface area contributed by atoms with Gasteiger partial charge in [-0.2, -0.15) is 0 Å². The van der Waals surface area contributed by atoms with Crippen molar-refractivity contribution in [2.24, 2.45) is 0 Å². The van der Waals surface area contributed by atoms with Crippen molar-refractivity contribution in [1.29, 1.82) is 0 Å². The van der Waals surface area contributed by atoms with Gasteiger partial charge in [-0.1, -0.05) is 35.9 Å². The third-order valence-electron chi connectivity index (χ3n) is 3.47.